The molecule has 0 fully saturated rings. The topological polar surface area (TPSA) is 76.0 Å². The van der Waals surface area contributed by atoms with Crippen molar-refractivity contribution in [2.24, 2.45) is 5.41 Å². The van der Waals surface area contributed by atoms with Crippen molar-refractivity contribution in [1.29, 1.82) is 0 Å². The third-order valence-electron chi connectivity index (χ3n) is 4.29. The average Bonchev–Trinajstić information content (AvgIpc) is 2.63. The van der Waals surface area contributed by atoms with Gasteiger partial charge in [-0.3, -0.25) is 4.79 Å². The predicted molar refractivity (Wildman–Crippen MR) is 106 cm³/mol. The van der Waals surface area contributed by atoms with E-state index >= 15 is 0 Å². The molecule has 5 nitrogen and oxygen atoms in total. The van der Waals surface area contributed by atoms with Crippen LogP contribution in [0.4, 0.5) is 0 Å². The van der Waals surface area contributed by atoms with Gasteiger partial charge in [0.05, 0.1) is 19.1 Å². The fourth-order valence-electron chi connectivity index (χ4n) is 2.50. The van der Waals surface area contributed by atoms with Gasteiger partial charge in [-0.2, -0.15) is 0 Å². The van der Waals surface area contributed by atoms with E-state index in [0.29, 0.717) is 25.2 Å². The lowest BCUT2D eigenvalue weighted by molar-refractivity contribution is -0.147. The molecule has 0 bridgehead atoms. The molecule has 0 aliphatic heterocycles. The summed E-state index contributed by atoms with van der Waals surface area (Å²) >= 11 is 0. The standard InChI is InChI=1S/C22H26O5/c1-22(2,21(24)25)11-4-12-27-20-14-17(13-18(23)15-20)6-5-16-7-9-19(26-3)10-8-16/h5-10,13-15,23H,4,11-12H2,1-3H3,(H,24,25)/b6-5+. The number of methoxy groups -OCH3 is 1. The van der Waals surface area contributed by atoms with Crippen LogP contribution in [-0.4, -0.2) is 29.9 Å². The number of rotatable bonds is 9. The molecule has 0 radical (unpaired) electrons. The molecule has 2 N–H and O–H groups in total. The molecule has 0 saturated heterocycles. The number of ether oxygens (including phenoxy) is 2. The van der Waals surface area contributed by atoms with Crippen molar-refractivity contribution in [2.75, 3.05) is 13.7 Å². The van der Waals surface area contributed by atoms with E-state index in [-0.39, 0.29) is 5.75 Å². The van der Waals surface area contributed by atoms with Crippen molar-refractivity contribution in [2.45, 2.75) is 26.7 Å². The van der Waals surface area contributed by atoms with E-state index < -0.39 is 11.4 Å². The van der Waals surface area contributed by atoms with Crippen molar-refractivity contribution in [3.8, 4) is 17.2 Å². The molecule has 2 rings (SSSR count). The number of aromatic hydroxyl groups is 1. The molecule has 0 aromatic heterocycles. The number of aliphatic carboxylic acids is 1. The van der Waals surface area contributed by atoms with Crippen LogP contribution in [0.15, 0.2) is 42.5 Å². The van der Waals surface area contributed by atoms with Gasteiger partial charge < -0.3 is 19.7 Å². The zero-order valence-corrected chi connectivity index (χ0v) is 15.9. The van der Waals surface area contributed by atoms with Crippen molar-refractivity contribution in [1.82, 2.24) is 0 Å². The monoisotopic (exact) mass is 370 g/mol. The highest BCUT2D eigenvalue weighted by atomic mass is 16.5. The number of carboxylic acid groups (broad SMARTS) is 1. The fourth-order valence-corrected chi connectivity index (χ4v) is 2.50. The summed E-state index contributed by atoms with van der Waals surface area (Å²) in [5.41, 5.74) is 1.05. The Morgan fingerprint density at radius 1 is 1.04 bits per heavy atom. The van der Waals surface area contributed by atoms with E-state index in [9.17, 15) is 9.90 Å². The first-order valence-corrected chi connectivity index (χ1v) is 8.82. The lowest BCUT2D eigenvalue weighted by Crippen LogP contribution is -2.24. The molecule has 2 aromatic carbocycles. The van der Waals surface area contributed by atoms with Crippen LogP contribution in [0.5, 0.6) is 17.2 Å². The highest BCUT2D eigenvalue weighted by Crippen LogP contribution is 2.25. The molecule has 2 aromatic rings. The summed E-state index contributed by atoms with van der Waals surface area (Å²) in [5.74, 6) is 0.655. The Hall–Kier alpha value is -2.95. The number of carboxylic acids is 1. The zero-order chi connectivity index (χ0) is 19.9. The molecule has 0 spiro atoms. The summed E-state index contributed by atoms with van der Waals surface area (Å²) < 4.78 is 10.8. The molecule has 0 unspecified atom stereocenters. The van der Waals surface area contributed by atoms with Gasteiger partial charge in [0.15, 0.2) is 0 Å². The molecular formula is C22H26O5. The number of hydrogen-bond donors (Lipinski definition) is 2. The van der Waals surface area contributed by atoms with Crippen molar-refractivity contribution in [3.05, 3.63) is 53.6 Å². The van der Waals surface area contributed by atoms with Crippen LogP contribution in [0.25, 0.3) is 12.2 Å². The van der Waals surface area contributed by atoms with Gasteiger partial charge in [-0.15, -0.1) is 0 Å². The Labute approximate surface area is 159 Å². The van der Waals surface area contributed by atoms with Gasteiger partial charge in [-0.05, 0) is 62.1 Å². The number of carbonyl (C=O) groups is 1. The summed E-state index contributed by atoms with van der Waals surface area (Å²) in [4.78, 5) is 11.1. The van der Waals surface area contributed by atoms with Crippen molar-refractivity contribution in [3.63, 3.8) is 0 Å². The van der Waals surface area contributed by atoms with Crippen molar-refractivity contribution >= 4 is 18.1 Å². The van der Waals surface area contributed by atoms with Gasteiger partial charge in [0.25, 0.3) is 0 Å². The van der Waals surface area contributed by atoms with Gasteiger partial charge in [0.2, 0.25) is 0 Å². The average molecular weight is 370 g/mol. The summed E-state index contributed by atoms with van der Waals surface area (Å²) in [5, 5.41) is 19.0. The van der Waals surface area contributed by atoms with Crippen LogP contribution in [-0.2, 0) is 4.79 Å². The predicted octanol–water partition coefficient (Wildman–Crippen LogP) is 4.84. The van der Waals surface area contributed by atoms with Gasteiger partial charge >= 0.3 is 5.97 Å². The minimum Gasteiger partial charge on any atom is -0.508 e. The fraction of sp³-hybridized carbons (Fsp3) is 0.318. The van der Waals surface area contributed by atoms with E-state index in [2.05, 4.69) is 0 Å². The number of hydrogen-bond acceptors (Lipinski definition) is 4. The Kier molecular flexibility index (Phi) is 6.88. The molecule has 144 valence electrons. The molecule has 5 heteroatoms. The zero-order valence-electron chi connectivity index (χ0n) is 15.9. The first-order chi connectivity index (χ1) is 12.8. The van der Waals surface area contributed by atoms with Gasteiger partial charge in [0, 0.05) is 6.07 Å². The van der Waals surface area contributed by atoms with Crippen LogP contribution in [0.1, 0.15) is 37.8 Å². The Morgan fingerprint density at radius 3 is 2.33 bits per heavy atom. The van der Waals surface area contributed by atoms with Gasteiger partial charge in [-0.1, -0.05) is 24.3 Å². The molecular weight excluding hydrogens is 344 g/mol. The van der Waals surface area contributed by atoms with Crippen LogP contribution in [0.2, 0.25) is 0 Å². The highest BCUT2D eigenvalue weighted by Gasteiger charge is 2.26. The highest BCUT2D eigenvalue weighted by molar-refractivity contribution is 5.73. The number of benzene rings is 2. The Bertz CT molecular complexity index is 791. The minimum absolute atomic E-state index is 0.118. The molecule has 0 saturated carbocycles. The molecule has 0 amide bonds. The largest absolute Gasteiger partial charge is 0.508 e. The van der Waals surface area contributed by atoms with Crippen LogP contribution in [0, 0.1) is 5.41 Å². The summed E-state index contributed by atoms with van der Waals surface area (Å²) in [6.45, 7) is 3.79. The van der Waals surface area contributed by atoms with E-state index in [1.165, 1.54) is 0 Å². The molecule has 0 heterocycles. The Morgan fingerprint density at radius 2 is 1.70 bits per heavy atom. The smallest absolute Gasteiger partial charge is 0.309 e. The molecule has 0 aliphatic rings. The van der Waals surface area contributed by atoms with Gasteiger partial charge in [0.1, 0.15) is 17.2 Å². The number of phenols is 1. The second-order valence-corrected chi connectivity index (χ2v) is 7.01. The van der Waals surface area contributed by atoms with Crippen LogP contribution in [0.3, 0.4) is 0 Å². The maximum Gasteiger partial charge on any atom is 0.309 e. The second-order valence-electron chi connectivity index (χ2n) is 7.01. The second kappa shape index (κ2) is 9.12. The molecule has 0 aliphatic carbocycles. The lowest BCUT2D eigenvalue weighted by Gasteiger charge is -2.18. The lowest BCUT2D eigenvalue weighted by atomic mass is 9.88. The summed E-state index contributed by atoms with van der Waals surface area (Å²) in [6.07, 6.45) is 4.96. The SMILES string of the molecule is COc1ccc(/C=C/c2cc(O)cc(OCCCC(C)(C)C(=O)O)c2)cc1. The normalized spacial score (nSPS) is 11.5. The van der Waals surface area contributed by atoms with E-state index in [1.807, 2.05) is 42.5 Å². The minimum atomic E-state index is -0.814. The van der Waals surface area contributed by atoms with Crippen LogP contribution < -0.4 is 9.47 Å². The molecule has 0 atom stereocenters. The van der Waals surface area contributed by atoms with Crippen molar-refractivity contribution < 1.29 is 24.5 Å². The number of phenolic OH excluding ortho intramolecular Hbond substituents is 1. The quantitative estimate of drug-likeness (QED) is 0.488. The maximum atomic E-state index is 11.1. The summed E-state index contributed by atoms with van der Waals surface area (Å²) in [6, 6.07) is 12.7. The summed E-state index contributed by atoms with van der Waals surface area (Å²) in [7, 11) is 1.63. The third kappa shape index (κ3) is 6.37. The van der Waals surface area contributed by atoms with E-state index in [1.54, 1.807) is 33.1 Å². The van der Waals surface area contributed by atoms with Crippen LogP contribution >= 0.6 is 0 Å². The first-order valence-electron chi connectivity index (χ1n) is 8.82. The van der Waals surface area contributed by atoms with E-state index in [0.717, 1.165) is 16.9 Å². The third-order valence-corrected chi connectivity index (χ3v) is 4.29. The maximum absolute atomic E-state index is 11.1. The Balaban J connectivity index is 1.96. The van der Waals surface area contributed by atoms with Gasteiger partial charge in [-0.25, -0.2) is 0 Å². The van der Waals surface area contributed by atoms with E-state index in [4.69, 9.17) is 14.6 Å². The molecule has 27 heavy (non-hydrogen) atoms. The first kappa shape index (κ1) is 20.4.